The van der Waals surface area contributed by atoms with Gasteiger partial charge in [0.1, 0.15) is 5.21 Å². The highest BCUT2D eigenvalue weighted by Gasteiger charge is 2.34. The van der Waals surface area contributed by atoms with Gasteiger partial charge in [-0.05, 0) is 19.4 Å². The van der Waals surface area contributed by atoms with E-state index in [1.165, 1.54) is 10.7 Å². The number of rotatable bonds is 2. The number of sulfonamides is 1. The number of hydrogen-bond donors (Lipinski definition) is 0. The van der Waals surface area contributed by atoms with E-state index in [0.29, 0.717) is 19.1 Å². The summed E-state index contributed by atoms with van der Waals surface area (Å²) in [7, 11) is -3.19. The maximum Gasteiger partial charge on any atom is 0.228 e. The van der Waals surface area contributed by atoms with E-state index < -0.39 is 10.0 Å². The zero-order valence-electron chi connectivity index (χ0n) is 8.02. The van der Waals surface area contributed by atoms with E-state index in [1.54, 1.807) is 0 Å². The third kappa shape index (κ3) is 1.91. The Balaban J connectivity index is 2.04. The first-order valence-electron chi connectivity index (χ1n) is 4.91. The molecule has 6 heteroatoms. The first kappa shape index (κ1) is 10.7. The fraction of sp³-hybridized carbons (Fsp3) is 1.00. The van der Waals surface area contributed by atoms with E-state index in [0.717, 1.165) is 19.5 Å². The van der Waals surface area contributed by atoms with Gasteiger partial charge in [0.15, 0.2) is 0 Å². The summed E-state index contributed by atoms with van der Waals surface area (Å²) in [6.45, 7) is 3.22. The van der Waals surface area contributed by atoms with E-state index >= 15 is 0 Å². The molecule has 0 aliphatic carbocycles. The predicted molar refractivity (Wildman–Crippen MR) is 55.8 cm³/mol. The highest BCUT2D eigenvalue weighted by atomic mass is 35.5. The Morgan fingerprint density at radius 1 is 1.29 bits per heavy atom. The van der Waals surface area contributed by atoms with Gasteiger partial charge < -0.3 is 0 Å². The predicted octanol–water partition coefficient (Wildman–Crippen LogP) is 0.292. The molecule has 2 aliphatic rings. The molecule has 0 aromatic rings. The maximum absolute atomic E-state index is 11.5. The molecular formula is C8H15ClN2O2S. The summed E-state index contributed by atoms with van der Waals surface area (Å²) in [6, 6.07) is 0.432. The van der Waals surface area contributed by atoms with Crippen LogP contribution in [0.3, 0.4) is 0 Å². The number of piperazine rings is 1. The summed E-state index contributed by atoms with van der Waals surface area (Å²) in [6.07, 6.45) is 2.31. The van der Waals surface area contributed by atoms with E-state index in [1.807, 2.05) is 0 Å². The fourth-order valence-electron chi connectivity index (χ4n) is 2.28. The zero-order valence-corrected chi connectivity index (χ0v) is 9.60. The largest absolute Gasteiger partial charge is 0.298 e. The van der Waals surface area contributed by atoms with Gasteiger partial charge in [-0.25, -0.2) is 8.42 Å². The van der Waals surface area contributed by atoms with Gasteiger partial charge in [0, 0.05) is 25.7 Å². The van der Waals surface area contributed by atoms with Crippen LogP contribution in [0.4, 0.5) is 0 Å². The second-order valence-corrected chi connectivity index (χ2v) is 6.46. The minimum Gasteiger partial charge on any atom is -0.298 e. The molecule has 0 saturated carbocycles. The van der Waals surface area contributed by atoms with Crippen LogP contribution in [0.5, 0.6) is 0 Å². The lowest BCUT2D eigenvalue weighted by Gasteiger charge is -2.36. The van der Waals surface area contributed by atoms with Crippen molar-refractivity contribution in [3.63, 3.8) is 0 Å². The molecule has 2 aliphatic heterocycles. The zero-order chi connectivity index (χ0) is 10.2. The lowest BCUT2D eigenvalue weighted by molar-refractivity contribution is 0.158. The number of alkyl halides is 1. The molecule has 82 valence electrons. The van der Waals surface area contributed by atoms with E-state index in [9.17, 15) is 8.42 Å². The molecule has 0 radical (unpaired) electrons. The number of nitrogens with zero attached hydrogens (tertiary/aromatic N) is 2. The van der Waals surface area contributed by atoms with Crippen LogP contribution in [0.1, 0.15) is 12.8 Å². The van der Waals surface area contributed by atoms with Gasteiger partial charge in [0.05, 0.1) is 0 Å². The van der Waals surface area contributed by atoms with Crippen LogP contribution in [0.25, 0.3) is 0 Å². The molecule has 0 spiro atoms. The van der Waals surface area contributed by atoms with Crippen molar-refractivity contribution in [3.05, 3.63) is 0 Å². The van der Waals surface area contributed by atoms with Crippen LogP contribution in [-0.2, 0) is 10.0 Å². The van der Waals surface area contributed by atoms with Crippen molar-refractivity contribution in [2.75, 3.05) is 31.4 Å². The normalized spacial score (nSPS) is 30.5. The average Bonchev–Trinajstić information content (AvgIpc) is 2.64. The van der Waals surface area contributed by atoms with Gasteiger partial charge >= 0.3 is 0 Å². The Bertz CT molecular complexity index is 306. The Labute approximate surface area is 89.9 Å². The van der Waals surface area contributed by atoms with Crippen LogP contribution >= 0.6 is 11.6 Å². The second kappa shape index (κ2) is 3.96. The van der Waals surface area contributed by atoms with Gasteiger partial charge in [0.2, 0.25) is 10.0 Å². The standard InChI is InChI=1S/C8H15ClN2O2S/c9-7-14(12,13)11-5-4-10-3-1-2-8(10)6-11/h8H,1-7H2. The van der Waals surface area contributed by atoms with Crippen LogP contribution < -0.4 is 0 Å². The van der Waals surface area contributed by atoms with Crippen LogP contribution in [-0.4, -0.2) is 55.1 Å². The molecule has 0 aromatic heterocycles. The highest BCUT2D eigenvalue weighted by Crippen LogP contribution is 2.23. The Kier molecular flexibility index (Phi) is 3.02. The molecule has 0 N–H and O–H groups in total. The van der Waals surface area contributed by atoms with Crippen LogP contribution in [0, 0.1) is 0 Å². The SMILES string of the molecule is O=S(=O)(CCl)N1CCN2CCCC2C1. The first-order valence-corrected chi connectivity index (χ1v) is 7.06. The number of fused-ring (bicyclic) bond motifs is 1. The lowest BCUT2D eigenvalue weighted by Crippen LogP contribution is -2.52. The molecular weight excluding hydrogens is 224 g/mol. The highest BCUT2D eigenvalue weighted by molar-refractivity contribution is 7.90. The van der Waals surface area contributed by atoms with Crippen LogP contribution in [0.15, 0.2) is 0 Å². The van der Waals surface area contributed by atoms with Gasteiger partial charge in [-0.15, -0.1) is 11.6 Å². The summed E-state index contributed by atoms with van der Waals surface area (Å²) < 4.78 is 24.6. The third-order valence-electron chi connectivity index (χ3n) is 3.08. The minimum absolute atomic E-state index is 0.292. The molecule has 0 aromatic carbocycles. The maximum atomic E-state index is 11.5. The summed E-state index contributed by atoms with van der Waals surface area (Å²) in [5.41, 5.74) is 0. The molecule has 2 heterocycles. The molecule has 14 heavy (non-hydrogen) atoms. The Hall–Kier alpha value is 0.160. The van der Waals surface area contributed by atoms with Crippen LogP contribution in [0.2, 0.25) is 0 Å². The Morgan fingerprint density at radius 2 is 2.07 bits per heavy atom. The molecule has 2 fully saturated rings. The fourth-order valence-corrected chi connectivity index (χ4v) is 3.60. The summed E-state index contributed by atoms with van der Waals surface area (Å²) in [5.74, 6) is 0. The Morgan fingerprint density at radius 3 is 2.79 bits per heavy atom. The lowest BCUT2D eigenvalue weighted by atomic mass is 10.2. The van der Waals surface area contributed by atoms with Crippen molar-refractivity contribution in [2.45, 2.75) is 18.9 Å². The molecule has 0 bridgehead atoms. The van der Waals surface area contributed by atoms with Gasteiger partial charge in [-0.1, -0.05) is 0 Å². The quantitative estimate of drug-likeness (QED) is 0.650. The van der Waals surface area contributed by atoms with Gasteiger partial charge in [0.25, 0.3) is 0 Å². The molecule has 2 saturated heterocycles. The van der Waals surface area contributed by atoms with Gasteiger partial charge in [-0.2, -0.15) is 4.31 Å². The molecule has 1 atom stereocenters. The van der Waals surface area contributed by atoms with E-state index in [4.69, 9.17) is 11.6 Å². The molecule has 1 unspecified atom stereocenters. The molecule has 0 amide bonds. The summed E-state index contributed by atoms with van der Waals surface area (Å²) in [5, 5.41) is -0.292. The summed E-state index contributed by atoms with van der Waals surface area (Å²) in [4.78, 5) is 2.38. The third-order valence-corrected chi connectivity index (χ3v) is 5.30. The second-order valence-electron chi connectivity index (χ2n) is 3.91. The van der Waals surface area contributed by atoms with Crippen molar-refractivity contribution in [2.24, 2.45) is 0 Å². The first-order chi connectivity index (χ1) is 6.63. The number of hydrogen-bond acceptors (Lipinski definition) is 3. The van der Waals surface area contributed by atoms with Crippen molar-refractivity contribution < 1.29 is 8.42 Å². The number of halogens is 1. The van der Waals surface area contributed by atoms with Crippen molar-refractivity contribution in [1.82, 2.24) is 9.21 Å². The monoisotopic (exact) mass is 238 g/mol. The average molecular weight is 239 g/mol. The van der Waals surface area contributed by atoms with E-state index in [-0.39, 0.29) is 5.21 Å². The van der Waals surface area contributed by atoms with E-state index in [2.05, 4.69) is 4.90 Å². The summed E-state index contributed by atoms with van der Waals surface area (Å²) >= 11 is 5.43. The van der Waals surface area contributed by atoms with Crippen molar-refractivity contribution in [3.8, 4) is 0 Å². The molecule has 4 nitrogen and oxygen atoms in total. The van der Waals surface area contributed by atoms with Crippen molar-refractivity contribution >= 4 is 21.6 Å². The molecule has 2 rings (SSSR count). The minimum atomic E-state index is -3.19. The van der Waals surface area contributed by atoms with Crippen molar-refractivity contribution in [1.29, 1.82) is 0 Å². The topological polar surface area (TPSA) is 40.6 Å². The smallest absolute Gasteiger partial charge is 0.228 e. The van der Waals surface area contributed by atoms with Gasteiger partial charge in [-0.3, -0.25) is 4.90 Å².